The Kier molecular flexibility index (Phi) is 7.72. The van der Waals surface area contributed by atoms with Gasteiger partial charge in [-0.3, -0.25) is 9.59 Å². The van der Waals surface area contributed by atoms with Crippen LogP contribution in [0.4, 0.5) is 5.82 Å². The molecule has 5 heteroatoms. The molecule has 1 aromatic rings. The van der Waals surface area contributed by atoms with E-state index in [1.165, 1.54) is 7.11 Å². The molecule has 23 heavy (non-hydrogen) atoms. The van der Waals surface area contributed by atoms with Crippen molar-refractivity contribution in [3.63, 3.8) is 0 Å². The number of nitrogens with one attached hydrogen (secondary N) is 1. The molecule has 0 bridgehead atoms. The summed E-state index contributed by atoms with van der Waals surface area (Å²) in [4.78, 5) is 28.4. The minimum absolute atomic E-state index is 0.0539. The molecule has 0 spiro atoms. The zero-order valence-electron chi connectivity index (χ0n) is 14.8. The van der Waals surface area contributed by atoms with Gasteiger partial charge in [0.15, 0.2) is 0 Å². The van der Waals surface area contributed by atoms with Crippen LogP contribution in [0.3, 0.4) is 0 Å². The molecule has 0 fully saturated rings. The highest BCUT2D eigenvalue weighted by atomic mass is 16.5. The number of carbonyl (C=O) groups excluding carboxylic acids is 2. The number of methoxy groups -OCH3 is 1. The summed E-state index contributed by atoms with van der Waals surface area (Å²) in [6.07, 6.45) is 1.96. The topological polar surface area (TPSA) is 68.3 Å². The largest absolute Gasteiger partial charge is 0.469 e. The lowest BCUT2D eigenvalue weighted by Crippen LogP contribution is -2.19. The summed E-state index contributed by atoms with van der Waals surface area (Å²) in [6, 6.07) is 5.34. The van der Waals surface area contributed by atoms with Crippen LogP contribution in [0.15, 0.2) is 18.2 Å². The number of ether oxygens (including phenoxy) is 1. The van der Waals surface area contributed by atoms with Gasteiger partial charge in [0.2, 0.25) is 5.91 Å². The average molecular weight is 320 g/mol. The molecule has 1 amide bonds. The van der Waals surface area contributed by atoms with Gasteiger partial charge in [0.05, 0.1) is 18.7 Å². The smallest absolute Gasteiger partial charge is 0.314 e. The highest BCUT2D eigenvalue weighted by Gasteiger charge is 2.24. The minimum Gasteiger partial charge on any atom is -0.469 e. The third-order valence-corrected chi connectivity index (χ3v) is 3.54. The second-order valence-corrected chi connectivity index (χ2v) is 6.63. The fourth-order valence-electron chi connectivity index (χ4n) is 2.29. The quantitative estimate of drug-likeness (QED) is 0.741. The molecule has 0 radical (unpaired) electrons. The summed E-state index contributed by atoms with van der Waals surface area (Å²) in [7, 11) is 1.38. The zero-order chi connectivity index (χ0) is 17.4. The Morgan fingerprint density at radius 1 is 1.17 bits per heavy atom. The lowest BCUT2D eigenvalue weighted by atomic mass is 9.94. The van der Waals surface area contributed by atoms with Gasteiger partial charge in [0.25, 0.3) is 0 Å². The van der Waals surface area contributed by atoms with Gasteiger partial charge in [-0.2, -0.15) is 0 Å². The van der Waals surface area contributed by atoms with Crippen LogP contribution < -0.4 is 5.32 Å². The number of hydrogen-bond acceptors (Lipinski definition) is 4. The number of nitrogens with zero attached hydrogens (tertiary/aromatic N) is 1. The van der Waals surface area contributed by atoms with Crippen LogP contribution in [0.25, 0.3) is 0 Å². The Labute approximate surface area is 138 Å². The molecule has 0 saturated heterocycles. The van der Waals surface area contributed by atoms with Crippen LogP contribution in [0.5, 0.6) is 0 Å². The maximum atomic E-state index is 12.0. The molecule has 1 rings (SSSR count). The number of pyridine rings is 1. The molecule has 0 aliphatic carbocycles. The molecule has 1 atom stereocenters. The second-order valence-electron chi connectivity index (χ2n) is 6.63. The first-order valence-corrected chi connectivity index (χ1v) is 8.18. The van der Waals surface area contributed by atoms with Crippen LogP contribution in [0.1, 0.15) is 58.6 Å². The van der Waals surface area contributed by atoms with Crippen LogP contribution in [0, 0.1) is 11.8 Å². The van der Waals surface area contributed by atoms with E-state index in [0.717, 1.165) is 6.42 Å². The van der Waals surface area contributed by atoms with Gasteiger partial charge in [0.1, 0.15) is 5.82 Å². The first kappa shape index (κ1) is 19.1. The van der Waals surface area contributed by atoms with Crippen molar-refractivity contribution in [1.82, 2.24) is 4.98 Å². The van der Waals surface area contributed by atoms with Crippen molar-refractivity contribution in [3.8, 4) is 0 Å². The Morgan fingerprint density at radius 2 is 1.87 bits per heavy atom. The van der Waals surface area contributed by atoms with Gasteiger partial charge in [-0.25, -0.2) is 4.98 Å². The lowest BCUT2D eigenvalue weighted by Gasteiger charge is -2.17. The summed E-state index contributed by atoms with van der Waals surface area (Å²) in [6.45, 7) is 8.26. The monoisotopic (exact) mass is 320 g/mol. The summed E-state index contributed by atoms with van der Waals surface area (Å²) >= 11 is 0. The van der Waals surface area contributed by atoms with E-state index < -0.39 is 5.92 Å². The van der Waals surface area contributed by atoms with Crippen molar-refractivity contribution in [1.29, 1.82) is 0 Å². The Morgan fingerprint density at radius 3 is 2.43 bits per heavy atom. The van der Waals surface area contributed by atoms with Crippen molar-refractivity contribution in [2.45, 2.75) is 52.9 Å². The number of carbonyl (C=O) groups is 2. The highest BCUT2D eigenvalue weighted by molar-refractivity contribution is 5.89. The van der Waals surface area contributed by atoms with E-state index in [4.69, 9.17) is 4.74 Å². The maximum absolute atomic E-state index is 12.0. The summed E-state index contributed by atoms with van der Waals surface area (Å²) < 4.78 is 4.89. The second kappa shape index (κ2) is 9.28. The highest BCUT2D eigenvalue weighted by Crippen LogP contribution is 2.24. The van der Waals surface area contributed by atoms with E-state index in [1.54, 1.807) is 18.2 Å². The van der Waals surface area contributed by atoms with Crippen molar-refractivity contribution in [2.24, 2.45) is 11.8 Å². The predicted octanol–water partition coefficient (Wildman–Crippen LogP) is 3.76. The van der Waals surface area contributed by atoms with Gasteiger partial charge in [0, 0.05) is 6.42 Å². The minimum atomic E-state index is -0.410. The number of hydrogen-bond donors (Lipinski definition) is 1. The molecule has 5 nitrogen and oxygen atoms in total. The van der Waals surface area contributed by atoms with Crippen LogP contribution in [-0.4, -0.2) is 24.0 Å². The summed E-state index contributed by atoms with van der Waals surface area (Å²) in [5, 5.41) is 2.80. The first-order chi connectivity index (χ1) is 10.8. The van der Waals surface area contributed by atoms with Crippen molar-refractivity contribution in [2.75, 3.05) is 12.4 Å². The average Bonchev–Trinajstić information content (AvgIpc) is 2.50. The third-order valence-electron chi connectivity index (χ3n) is 3.54. The number of esters is 1. The molecule has 1 unspecified atom stereocenters. The van der Waals surface area contributed by atoms with Crippen LogP contribution in [-0.2, 0) is 14.3 Å². The fraction of sp³-hybridized carbons (Fsp3) is 0.611. The van der Waals surface area contributed by atoms with E-state index in [0.29, 0.717) is 36.2 Å². The molecule has 0 aromatic carbocycles. The van der Waals surface area contributed by atoms with E-state index in [2.05, 4.69) is 24.1 Å². The summed E-state index contributed by atoms with van der Waals surface area (Å²) in [5.41, 5.74) is 0.632. The maximum Gasteiger partial charge on any atom is 0.314 e. The molecular formula is C18H28N2O3. The zero-order valence-corrected chi connectivity index (χ0v) is 14.8. The van der Waals surface area contributed by atoms with Gasteiger partial charge < -0.3 is 10.1 Å². The number of anilines is 1. The molecular weight excluding hydrogens is 292 g/mol. The van der Waals surface area contributed by atoms with Gasteiger partial charge >= 0.3 is 5.97 Å². The molecule has 1 N–H and O–H groups in total. The van der Waals surface area contributed by atoms with E-state index in [-0.39, 0.29) is 11.9 Å². The van der Waals surface area contributed by atoms with Crippen molar-refractivity contribution < 1.29 is 14.3 Å². The molecule has 1 aromatic heterocycles. The molecule has 0 aliphatic rings. The van der Waals surface area contributed by atoms with E-state index in [9.17, 15) is 9.59 Å². The van der Waals surface area contributed by atoms with Gasteiger partial charge in [-0.05, 0) is 36.8 Å². The van der Waals surface area contributed by atoms with Crippen LogP contribution >= 0.6 is 0 Å². The predicted molar refractivity (Wildman–Crippen MR) is 91.2 cm³/mol. The normalized spacial score (nSPS) is 12.3. The fourth-order valence-corrected chi connectivity index (χ4v) is 2.29. The summed E-state index contributed by atoms with van der Waals surface area (Å²) in [5.74, 6) is 0.540. The molecule has 1 heterocycles. The van der Waals surface area contributed by atoms with E-state index in [1.807, 2.05) is 13.8 Å². The number of aromatic nitrogens is 1. The standard InChI is InChI=1S/C18H28N2O3/c1-12(2)9-10-17(21)20-16-8-6-7-15(19-16)14(11-13(3)4)18(22)23-5/h6-8,12-14H,9-11H2,1-5H3,(H,19,20,21). The first-order valence-electron chi connectivity index (χ1n) is 8.18. The van der Waals surface area contributed by atoms with Crippen LogP contribution in [0.2, 0.25) is 0 Å². The Balaban J connectivity index is 2.84. The SMILES string of the molecule is COC(=O)C(CC(C)C)c1cccc(NC(=O)CCC(C)C)n1. The Bertz CT molecular complexity index is 527. The van der Waals surface area contributed by atoms with Crippen molar-refractivity contribution >= 4 is 17.7 Å². The Hall–Kier alpha value is -1.91. The van der Waals surface area contributed by atoms with E-state index >= 15 is 0 Å². The van der Waals surface area contributed by atoms with Gasteiger partial charge in [-0.1, -0.05) is 33.8 Å². The van der Waals surface area contributed by atoms with Crippen molar-refractivity contribution in [3.05, 3.63) is 23.9 Å². The number of rotatable bonds is 8. The lowest BCUT2D eigenvalue weighted by molar-refractivity contribution is -0.143. The molecule has 0 aliphatic heterocycles. The van der Waals surface area contributed by atoms with Gasteiger partial charge in [-0.15, -0.1) is 0 Å². The molecule has 0 saturated carbocycles. The molecule has 128 valence electrons. The third kappa shape index (κ3) is 6.80. The number of amides is 1.